The van der Waals surface area contributed by atoms with Gasteiger partial charge in [0.15, 0.2) is 0 Å². The highest BCUT2D eigenvalue weighted by Crippen LogP contribution is 2.32. The molecule has 0 aliphatic heterocycles. The van der Waals surface area contributed by atoms with Crippen molar-refractivity contribution in [3.63, 3.8) is 0 Å². The number of rotatable bonds is 4. The quantitative estimate of drug-likeness (QED) is 0.734. The Morgan fingerprint density at radius 2 is 1.00 bits per heavy atom. The van der Waals surface area contributed by atoms with Crippen LogP contribution in [0, 0.1) is 23.7 Å². The van der Waals surface area contributed by atoms with E-state index in [0.717, 1.165) is 25.7 Å². The first-order valence-corrected chi connectivity index (χ1v) is 6.51. The van der Waals surface area contributed by atoms with Crippen LogP contribution in [0.5, 0.6) is 0 Å². The van der Waals surface area contributed by atoms with Crippen molar-refractivity contribution in [3.8, 4) is 0 Å². The average Bonchev–Trinajstić information content (AvgIpc) is 3.03. The van der Waals surface area contributed by atoms with Gasteiger partial charge in [0, 0.05) is 23.7 Å². The van der Waals surface area contributed by atoms with E-state index in [1.54, 1.807) is 0 Å². The second-order valence-electron chi connectivity index (χ2n) is 5.66. The zero-order chi connectivity index (χ0) is 12.3. The Kier molecular flexibility index (Phi) is 4.69. The first-order chi connectivity index (χ1) is 7.43. The van der Waals surface area contributed by atoms with E-state index in [-0.39, 0.29) is 11.8 Å². The van der Waals surface area contributed by atoms with Crippen LogP contribution in [0.1, 0.15) is 53.4 Å². The molecule has 2 saturated carbocycles. The molecule has 0 N–H and O–H groups in total. The molecule has 0 aromatic heterocycles. The standard InChI is InChI=1S/2C7H12O/c2*1-5(2)7(8)6-3-4-6/h2*5-6H,3-4H2,1-2H3. The average molecular weight is 224 g/mol. The van der Waals surface area contributed by atoms with Gasteiger partial charge in [0.2, 0.25) is 0 Å². The smallest absolute Gasteiger partial charge is 0.138 e. The highest BCUT2D eigenvalue weighted by Gasteiger charge is 2.31. The number of hydrogen-bond acceptors (Lipinski definition) is 2. The van der Waals surface area contributed by atoms with E-state index in [1.807, 2.05) is 27.7 Å². The van der Waals surface area contributed by atoms with Crippen molar-refractivity contribution in [2.45, 2.75) is 53.4 Å². The molecule has 2 aliphatic carbocycles. The normalized spacial score (nSPS) is 19.4. The second kappa shape index (κ2) is 5.60. The fourth-order valence-electron chi connectivity index (χ4n) is 1.68. The number of Topliss-reactive ketones (excluding diaryl/α,β-unsaturated/α-hetero) is 2. The molecule has 2 fully saturated rings. The van der Waals surface area contributed by atoms with Gasteiger partial charge in [-0.25, -0.2) is 0 Å². The van der Waals surface area contributed by atoms with Gasteiger partial charge in [-0.3, -0.25) is 9.59 Å². The fraction of sp³-hybridized carbons (Fsp3) is 0.857. The van der Waals surface area contributed by atoms with Gasteiger partial charge in [0.1, 0.15) is 11.6 Å². The van der Waals surface area contributed by atoms with Crippen LogP contribution in [0.25, 0.3) is 0 Å². The maximum absolute atomic E-state index is 10.9. The lowest BCUT2D eigenvalue weighted by Gasteiger charge is -1.98. The summed E-state index contributed by atoms with van der Waals surface area (Å²) in [6.45, 7) is 7.89. The third-order valence-electron chi connectivity index (χ3n) is 3.10. The van der Waals surface area contributed by atoms with Crippen molar-refractivity contribution in [2.75, 3.05) is 0 Å². The van der Waals surface area contributed by atoms with Crippen LogP contribution in [0.15, 0.2) is 0 Å². The molecule has 0 heterocycles. The molecule has 0 aromatic rings. The molecule has 0 spiro atoms. The minimum absolute atomic E-state index is 0.266. The molecular formula is C14H24O2. The summed E-state index contributed by atoms with van der Waals surface area (Å²) in [5.41, 5.74) is 0. The summed E-state index contributed by atoms with van der Waals surface area (Å²) in [7, 11) is 0. The van der Waals surface area contributed by atoms with Crippen LogP contribution in [0.2, 0.25) is 0 Å². The Balaban J connectivity index is 0.000000160. The monoisotopic (exact) mass is 224 g/mol. The molecule has 16 heavy (non-hydrogen) atoms. The Morgan fingerprint density at radius 1 is 0.750 bits per heavy atom. The summed E-state index contributed by atoms with van der Waals surface area (Å²) in [4.78, 5) is 21.8. The first-order valence-electron chi connectivity index (χ1n) is 6.51. The maximum Gasteiger partial charge on any atom is 0.138 e. The van der Waals surface area contributed by atoms with Crippen LogP contribution in [0.4, 0.5) is 0 Å². The Labute approximate surface area is 98.8 Å². The third-order valence-corrected chi connectivity index (χ3v) is 3.10. The van der Waals surface area contributed by atoms with Gasteiger partial charge in [-0.2, -0.15) is 0 Å². The summed E-state index contributed by atoms with van der Waals surface area (Å²) in [5, 5.41) is 0. The van der Waals surface area contributed by atoms with Crippen molar-refractivity contribution in [1.82, 2.24) is 0 Å². The molecule has 0 bridgehead atoms. The van der Waals surface area contributed by atoms with E-state index in [9.17, 15) is 9.59 Å². The number of ketones is 2. The lowest BCUT2D eigenvalue weighted by molar-refractivity contribution is -0.123. The highest BCUT2D eigenvalue weighted by atomic mass is 16.1. The Morgan fingerprint density at radius 3 is 1.06 bits per heavy atom. The largest absolute Gasteiger partial charge is 0.299 e. The Bertz CT molecular complexity index is 222. The van der Waals surface area contributed by atoms with Crippen molar-refractivity contribution < 1.29 is 9.59 Å². The summed E-state index contributed by atoms with van der Waals surface area (Å²) >= 11 is 0. The lowest BCUT2D eigenvalue weighted by Crippen LogP contribution is -2.08. The van der Waals surface area contributed by atoms with E-state index >= 15 is 0 Å². The van der Waals surface area contributed by atoms with E-state index in [0.29, 0.717) is 23.4 Å². The number of hydrogen-bond donors (Lipinski definition) is 0. The lowest BCUT2D eigenvalue weighted by atomic mass is 10.1. The molecule has 2 aliphatic rings. The Hall–Kier alpha value is -0.660. The molecule has 0 aromatic carbocycles. The van der Waals surface area contributed by atoms with Gasteiger partial charge in [0.25, 0.3) is 0 Å². The van der Waals surface area contributed by atoms with Gasteiger partial charge >= 0.3 is 0 Å². The SMILES string of the molecule is CC(C)C(=O)C1CC1.CC(C)C(=O)C1CC1. The zero-order valence-corrected chi connectivity index (χ0v) is 11.0. The summed E-state index contributed by atoms with van der Waals surface area (Å²) < 4.78 is 0. The van der Waals surface area contributed by atoms with Crippen LogP contribution in [-0.4, -0.2) is 11.6 Å². The number of carbonyl (C=O) groups is 2. The molecule has 2 nitrogen and oxygen atoms in total. The molecule has 0 unspecified atom stereocenters. The molecular weight excluding hydrogens is 200 g/mol. The highest BCUT2D eigenvalue weighted by molar-refractivity contribution is 5.85. The number of carbonyl (C=O) groups excluding carboxylic acids is 2. The molecule has 2 rings (SSSR count). The maximum atomic E-state index is 10.9. The van der Waals surface area contributed by atoms with Crippen molar-refractivity contribution in [3.05, 3.63) is 0 Å². The van der Waals surface area contributed by atoms with E-state index in [2.05, 4.69) is 0 Å². The van der Waals surface area contributed by atoms with Crippen molar-refractivity contribution in [2.24, 2.45) is 23.7 Å². The molecule has 92 valence electrons. The van der Waals surface area contributed by atoms with E-state index < -0.39 is 0 Å². The topological polar surface area (TPSA) is 34.1 Å². The third kappa shape index (κ3) is 4.46. The first kappa shape index (κ1) is 13.4. The predicted molar refractivity (Wildman–Crippen MR) is 65.1 cm³/mol. The zero-order valence-electron chi connectivity index (χ0n) is 11.0. The van der Waals surface area contributed by atoms with Gasteiger partial charge in [0.05, 0.1) is 0 Å². The van der Waals surface area contributed by atoms with Crippen LogP contribution in [0.3, 0.4) is 0 Å². The predicted octanol–water partition coefficient (Wildman–Crippen LogP) is 3.24. The second-order valence-corrected chi connectivity index (χ2v) is 5.66. The van der Waals surface area contributed by atoms with Gasteiger partial charge in [-0.15, -0.1) is 0 Å². The van der Waals surface area contributed by atoms with E-state index in [1.165, 1.54) is 0 Å². The van der Waals surface area contributed by atoms with Crippen LogP contribution in [-0.2, 0) is 9.59 Å². The van der Waals surface area contributed by atoms with E-state index in [4.69, 9.17) is 0 Å². The van der Waals surface area contributed by atoms with Crippen LogP contribution >= 0.6 is 0 Å². The molecule has 0 radical (unpaired) electrons. The molecule has 0 atom stereocenters. The minimum Gasteiger partial charge on any atom is -0.299 e. The molecule has 0 amide bonds. The summed E-state index contributed by atoms with van der Waals surface area (Å²) in [6.07, 6.45) is 4.60. The summed E-state index contributed by atoms with van der Waals surface area (Å²) in [6, 6.07) is 0. The van der Waals surface area contributed by atoms with Gasteiger partial charge in [-0.05, 0) is 25.7 Å². The van der Waals surface area contributed by atoms with Gasteiger partial charge in [-0.1, -0.05) is 27.7 Å². The molecule has 0 saturated heterocycles. The minimum atomic E-state index is 0.266. The molecule has 2 heteroatoms. The van der Waals surface area contributed by atoms with Crippen molar-refractivity contribution >= 4 is 11.6 Å². The van der Waals surface area contributed by atoms with Gasteiger partial charge < -0.3 is 0 Å². The fourth-order valence-corrected chi connectivity index (χ4v) is 1.68. The van der Waals surface area contributed by atoms with Crippen molar-refractivity contribution in [1.29, 1.82) is 0 Å². The summed E-state index contributed by atoms with van der Waals surface area (Å²) in [5.74, 6) is 2.37. The van der Waals surface area contributed by atoms with Crippen LogP contribution < -0.4 is 0 Å².